The first kappa shape index (κ1) is 18.9. The zero-order valence-electron chi connectivity index (χ0n) is 15.0. The van der Waals surface area contributed by atoms with Crippen molar-refractivity contribution in [1.82, 2.24) is 15.5 Å². The van der Waals surface area contributed by atoms with E-state index < -0.39 is 23.4 Å². The summed E-state index contributed by atoms with van der Waals surface area (Å²) >= 11 is 6.14. The number of amides is 4. The van der Waals surface area contributed by atoms with Crippen LogP contribution >= 0.6 is 11.6 Å². The second-order valence-electron chi connectivity index (χ2n) is 6.62. The maximum atomic E-state index is 12.8. The number of carbonyl (C=O) groups is 3. The number of imide groups is 1. The summed E-state index contributed by atoms with van der Waals surface area (Å²) in [6.45, 7) is 3.06. The van der Waals surface area contributed by atoms with Crippen molar-refractivity contribution in [3.05, 3.63) is 70.7 Å². The summed E-state index contributed by atoms with van der Waals surface area (Å²) in [6, 6.07) is 15.2. The number of hydrogen-bond donors (Lipinski definition) is 2. The SMILES string of the molecule is C[C@@H](NC(=O)CN1C(=O)N[C@@](C)(c2ccccc2)C1=O)c1ccccc1Cl. The third-order valence-corrected chi connectivity index (χ3v) is 5.02. The van der Waals surface area contributed by atoms with E-state index in [0.29, 0.717) is 10.6 Å². The van der Waals surface area contributed by atoms with Crippen LogP contribution in [-0.4, -0.2) is 29.3 Å². The Morgan fingerprint density at radius 1 is 1.15 bits per heavy atom. The molecule has 1 heterocycles. The first-order valence-electron chi connectivity index (χ1n) is 8.56. The Labute approximate surface area is 162 Å². The molecule has 140 valence electrons. The van der Waals surface area contributed by atoms with Crippen LogP contribution < -0.4 is 10.6 Å². The normalized spacial score (nSPS) is 20.3. The first-order chi connectivity index (χ1) is 12.8. The molecule has 0 radical (unpaired) electrons. The average Bonchev–Trinajstić information content (AvgIpc) is 2.87. The Bertz CT molecular complexity index is 887. The minimum atomic E-state index is -1.19. The van der Waals surface area contributed by atoms with E-state index in [4.69, 9.17) is 11.6 Å². The number of urea groups is 1. The highest BCUT2D eigenvalue weighted by Crippen LogP contribution is 2.28. The highest BCUT2D eigenvalue weighted by Gasteiger charge is 2.49. The van der Waals surface area contributed by atoms with Gasteiger partial charge in [0.15, 0.2) is 0 Å². The van der Waals surface area contributed by atoms with Crippen LogP contribution in [0.3, 0.4) is 0 Å². The average molecular weight is 386 g/mol. The van der Waals surface area contributed by atoms with Gasteiger partial charge in [-0.2, -0.15) is 0 Å². The van der Waals surface area contributed by atoms with Gasteiger partial charge in [-0.15, -0.1) is 0 Å². The number of halogens is 1. The van der Waals surface area contributed by atoms with Gasteiger partial charge in [-0.1, -0.05) is 60.1 Å². The molecule has 1 saturated heterocycles. The van der Waals surface area contributed by atoms with E-state index in [9.17, 15) is 14.4 Å². The molecule has 7 heteroatoms. The van der Waals surface area contributed by atoms with Gasteiger partial charge in [0.25, 0.3) is 5.91 Å². The van der Waals surface area contributed by atoms with E-state index in [-0.39, 0.29) is 12.6 Å². The number of nitrogens with one attached hydrogen (secondary N) is 2. The molecule has 0 unspecified atom stereocenters. The van der Waals surface area contributed by atoms with Gasteiger partial charge in [-0.05, 0) is 31.0 Å². The summed E-state index contributed by atoms with van der Waals surface area (Å²) in [5.74, 6) is -0.900. The molecule has 0 aliphatic carbocycles. The van der Waals surface area contributed by atoms with E-state index in [2.05, 4.69) is 10.6 Å². The van der Waals surface area contributed by atoms with E-state index in [1.54, 1.807) is 50.2 Å². The highest BCUT2D eigenvalue weighted by atomic mass is 35.5. The summed E-state index contributed by atoms with van der Waals surface area (Å²) in [5.41, 5.74) is 0.238. The quantitative estimate of drug-likeness (QED) is 0.776. The van der Waals surface area contributed by atoms with Gasteiger partial charge in [0.2, 0.25) is 5.91 Å². The van der Waals surface area contributed by atoms with Crippen molar-refractivity contribution in [3.63, 3.8) is 0 Å². The number of rotatable bonds is 5. The van der Waals surface area contributed by atoms with Gasteiger partial charge in [-0.25, -0.2) is 4.79 Å². The minimum Gasteiger partial charge on any atom is -0.348 e. The molecular weight excluding hydrogens is 366 g/mol. The molecule has 0 spiro atoms. The third kappa shape index (κ3) is 3.66. The first-order valence-corrected chi connectivity index (χ1v) is 8.94. The van der Waals surface area contributed by atoms with Crippen LogP contribution in [0.25, 0.3) is 0 Å². The van der Waals surface area contributed by atoms with Crippen LogP contribution in [0.2, 0.25) is 5.02 Å². The summed E-state index contributed by atoms with van der Waals surface area (Å²) < 4.78 is 0. The lowest BCUT2D eigenvalue weighted by Gasteiger charge is -2.22. The van der Waals surface area contributed by atoms with Crippen LogP contribution in [0, 0.1) is 0 Å². The fraction of sp³-hybridized carbons (Fsp3) is 0.250. The predicted molar refractivity (Wildman–Crippen MR) is 102 cm³/mol. The molecule has 27 heavy (non-hydrogen) atoms. The predicted octanol–water partition coefficient (Wildman–Crippen LogP) is 2.98. The molecule has 2 aromatic rings. The number of nitrogens with zero attached hydrogens (tertiary/aromatic N) is 1. The Balaban J connectivity index is 1.70. The molecule has 0 aromatic heterocycles. The lowest BCUT2D eigenvalue weighted by Crippen LogP contribution is -2.43. The Morgan fingerprint density at radius 3 is 2.44 bits per heavy atom. The molecule has 1 fully saturated rings. The lowest BCUT2D eigenvalue weighted by molar-refractivity contribution is -0.135. The fourth-order valence-electron chi connectivity index (χ4n) is 3.14. The maximum absolute atomic E-state index is 12.8. The van der Waals surface area contributed by atoms with Crippen LogP contribution in [0.15, 0.2) is 54.6 Å². The molecule has 0 bridgehead atoms. The van der Waals surface area contributed by atoms with Crippen molar-refractivity contribution >= 4 is 29.4 Å². The van der Waals surface area contributed by atoms with Crippen LogP contribution in [-0.2, 0) is 15.1 Å². The molecule has 2 N–H and O–H groups in total. The lowest BCUT2D eigenvalue weighted by atomic mass is 9.92. The van der Waals surface area contributed by atoms with Gasteiger partial charge in [-0.3, -0.25) is 14.5 Å². The molecule has 2 aromatic carbocycles. The van der Waals surface area contributed by atoms with Crippen LogP contribution in [0.4, 0.5) is 4.79 Å². The van der Waals surface area contributed by atoms with E-state index in [1.807, 2.05) is 18.2 Å². The minimum absolute atomic E-state index is 0.354. The van der Waals surface area contributed by atoms with Crippen molar-refractivity contribution in [1.29, 1.82) is 0 Å². The standard InChI is InChI=1S/C20H20ClN3O3/c1-13(15-10-6-7-11-16(15)21)22-17(25)12-24-18(26)20(2,23-19(24)27)14-8-4-3-5-9-14/h3-11,13H,12H2,1-2H3,(H,22,25)(H,23,27)/t13-,20+/m1/s1. The second kappa shape index (κ2) is 7.40. The second-order valence-corrected chi connectivity index (χ2v) is 7.03. The highest BCUT2D eigenvalue weighted by molar-refractivity contribution is 6.31. The smallest absolute Gasteiger partial charge is 0.325 e. The number of hydrogen-bond acceptors (Lipinski definition) is 3. The van der Waals surface area contributed by atoms with Crippen LogP contribution in [0.5, 0.6) is 0 Å². The summed E-state index contributed by atoms with van der Waals surface area (Å²) in [7, 11) is 0. The van der Waals surface area contributed by atoms with Crippen molar-refractivity contribution in [2.45, 2.75) is 25.4 Å². The van der Waals surface area contributed by atoms with Crippen molar-refractivity contribution < 1.29 is 14.4 Å². The summed E-state index contributed by atoms with van der Waals surface area (Å²) in [6.07, 6.45) is 0. The number of carbonyl (C=O) groups excluding carboxylic acids is 3. The Hall–Kier alpha value is -2.86. The van der Waals surface area contributed by atoms with Gasteiger partial charge >= 0.3 is 6.03 Å². The maximum Gasteiger partial charge on any atom is 0.325 e. The molecule has 1 aliphatic rings. The summed E-state index contributed by atoms with van der Waals surface area (Å²) in [4.78, 5) is 38.5. The van der Waals surface area contributed by atoms with Crippen LogP contribution in [0.1, 0.15) is 31.0 Å². The molecule has 4 amide bonds. The zero-order valence-corrected chi connectivity index (χ0v) is 15.8. The van der Waals surface area contributed by atoms with E-state index in [0.717, 1.165) is 10.5 Å². The molecule has 0 saturated carbocycles. The topological polar surface area (TPSA) is 78.5 Å². The molecule has 3 rings (SSSR count). The molecule has 1 aliphatic heterocycles. The van der Waals surface area contributed by atoms with Crippen molar-refractivity contribution in [3.8, 4) is 0 Å². The van der Waals surface area contributed by atoms with E-state index >= 15 is 0 Å². The molecular formula is C20H20ClN3O3. The summed E-state index contributed by atoms with van der Waals surface area (Å²) in [5, 5.41) is 6.00. The largest absolute Gasteiger partial charge is 0.348 e. The molecule has 2 atom stereocenters. The zero-order chi connectivity index (χ0) is 19.6. The Morgan fingerprint density at radius 2 is 1.78 bits per heavy atom. The van der Waals surface area contributed by atoms with Crippen molar-refractivity contribution in [2.24, 2.45) is 0 Å². The monoisotopic (exact) mass is 385 g/mol. The van der Waals surface area contributed by atoms with Gasteiger partial charge < -0.3 is 10.6 Å². The fourth-order valence-corrected chi connectivity index (χ4v) is 3.44. The van der Waals surface area contributed by atoms with Gasteiger partial charge in [0.1, 0.15) is 12.1 Å². The third-order valence-electron chi connectivity index (χ3n) is 4.68. The van der Waals surface area contributed by atoms with E-state index in [1.165, 1.54) is 0 Å². The van der Waals surface area contributed by atoms with Gasteiger partial charge in [0, 0.05) is 5.02 Å². The molecule has 6 nitrogen and oxygen atoms in total. The van der Waals surface area contributed by atoms with Gasteiger partial charge in [0.05, 0.1) is 6.04 Å². The number of benzene rings is 2. The Kier molecular flexibility index (Phi) is 5.19. The van der Waals surface area contributed by atoms with Crippen molar-refractivity contribution in [2.75, 3.05) is 6.54 Å².